The maximum absolute atomic E-state index is 5.19. The molecule has 2 rings (SSSR count). The molecule has 1 atom stereocenters. The number of methoxy groups -OCH3 is 1. The van der Waals surface area contributed by atoms with E-state index >= 15 is 0 Å². The van der Waals surface area contributed by atoms with Crippen molar-refractivity contribution in [1.29, 1.82) is 0 Å². The van der Waals surface area contributed by atoms with Gasteiger partial charge in [-0.2, -0.15) is 0 Å². The van der Waals surface area contributed by atoms with Crippen LogP contribution in [0.1, 0.15) is 11.8 Å². The van der Waals surface area contributed by atoms with Crippen molar-refractivity contribution >= 4 is 11.3 Å². The van der Waals surface area contributed by atoms with E-state index < -0.39 is 0 Å². The lowest BCUT2D eigenvalue weighted by Gasteiger charge is -2.31. The molecule has 1 N–H and O–H groups in total. The third-order valence-electron chi connectivity index (χ3n) is 2.67. The standard InChI is InChI=1S/C11H18N2OS/c1-9-7-13(6-5-12-9)8-10-3-4-11(14-2)15-10/h3-4,9,12H,5-8H2,1-2H3/t9-/m1/s1. The molecule has 0 aliphatic carbocycles. The van der Waals surface area contributed by atoms with Crippen molar-refractivity contribution in [3.8, 4) is 5.06 Å². The van der Waals surface area contributed by atoms with E-state index in [1.807, 2.05) is 6.07 Å². The summed E-state index contributed by atoms with van der Waals surface area (Å²) < 4.78 is 5.19. The minimum atomic E-state index is 0.612. The highest BCUT2D eigenvalue weighted by molar-refractivity contribution is 7.13. The molecule has 1 aromatic rings. The zero-order valence-corrected chi connectivity index (χ0v) is 10.1. The number of rotatable bonds is 3. The number of nitrogens with zero attached hydrogens (tertiary/aromatic N) is 1. The number of thiophene rings is 1. The molecule has 15 heavy (non-hydrogen) atoms. The van der Waals surface area contributed by atoms with E-state index in [-0.39, 0.29) is 0 Å². The van der Waals surface area contributed by atoms with Crippen molar-refractivity contribution in [2.75, 3.05) is 26.7 Å². The van der Waals surface area contributed by atoms with Crippen LogP contribution in [0.2, 0.25) is 0 Å². The van der Waals surface area contributed by atoms with Crippen molar-refractivity contribution in [3.05, 3.63) is 17.0 Å². The Labute approximate surface area is 95.0 Å². The van der Waals surface area contributed by atoms with Crippen LogP contribution in [0.5, 0.6) is 5.06 Å². The Morgan fingerprint density at radius 3 is 3.13 bits per heavy atom. The van der Waals surface area contributed by atoms with E-state index in [9.17, 15) is 0 Å². The fourth-order valence-corrected chi connectivity index (χ4v) is 2.79. The Morgan fingerprint density at radius 2 is 2.47 bits per heavy atom. The third kappa shape index (κ3) is 2.93. The molecule has 0 saturated carbocycles. The zero-order valence-electron chi connectivity index (χ0n) is 9.32. The molecule has 1 aliphatic heterocycles. The van der Waals surface area contributed by atoms with Crippen LogP contribution in [0.3, 0.4) is 0 Å². The first kappa shape index (κ1) is 10.9. The number of nitrogens with one attached hydrogen (secondary N) is 1. The Morgan fingerprint density at radius 1 is 1.60 bits per heavy atom. The molecule has 0 aromatic carbocycles. The van der Waals surface area contributed by atoms with Crippen LogP contribution >= 0.6 is 11.3 Å². The van der Waals surface area contributed by atoms with Crippen LogP contribution in [0.25, 0.3) is 0 Å². The van der Waals surface area contributed by atoms with E-state index in [2.05, 4.69) is 23.2 Å². The van der Waals surface area contributed by atoms with E-state index in [0.29, 0.717) is 6.04 Å². The fraction of sp³-hybridized carbons (Fsp3) is 0.636. The monoisotopic (exact) mass is 226 g/mol. The molecule has 1 saturated heterocycles. The lowest BCUT2D eigenvalue weighted by atomic mass is 10.2. The molecule has 4 heteroatoms. The van der Waals surface area contributed by atoms with Gasteiger partial charge in [-0.1, -0.05) is 0 Å². The molecular weight excluding hydrogens is 208 g/mol. The molecule has 0 radical (unpaired) electrons. The number of ether oxygens (including phenoxy) is 1. The van der Waals surface area contributed by atoms with Crippen LogP contribution in [0, 0.1) is 0 Å². The molecule has 0 spiro atoms. The highest BCUT2D eigenvalue weighted by Gasteiger charge is 2.16. The molecule has 0 amide bonds. The summed E-state index contributed by atoms with van der Waals surface area (Å²) in [5.74, 6) is 0. The van der Waals surface area contributed by atoms with E-state index in [0.717, 1.165) is 31.2 Å². The minimum absolute atomic E-state index is 0.612. The van der Waals surface area contributed by atoms with E-state index in [1.165, 1.54) is 4.88 Å². The van der Waals surface area contributed by atoms with Gasteiger partial charge in [-0.15, -0.1) is 11.3 Å². The second kappa shape index (κ2) is 4.96. The molecule has 3 nitrogen and oxygen atoms in total. The smallest absolute Gasteiger partial charge is 0.173 e. The molecule has 84 valence electrons. The first-order valence-electron chi connectivity index (χ1n) is 5.36. The summed E-state index contributed by atoms with van der Waals surface area (Å²) in [6, 6.07) is 4.82. The first-order valence-corrected chi connectivity index (χ1v) is 6.18. The van der Waals surface area contributed by atoms with Crippen LogP contribution < -0.4 is 10.1 Å². The van der Waals surface area contributed by atoms with Crippen molar-refractivity contribution in [3.63, 3.8) is 0 Å². The minimum Gasteiger partial charge on any atom is -0.487 e. The van der Waals surface area contributed by atoms with Gasteiger partial charge < -0.3 is 10.1 Å². The molecule has 0 bridgehead atoms. The molecule has 1 aliphatic rings. The summed E-state index contributed by atoms with van der Waals surface area (Å²) in [6.45, 7) is 6.68. The molecule has 2 heterocycles. The maximum atomic E-state index is 5.19. The number of hydrogen-bond donors (Lipinski definition) is 1. The van der Waals surface area contributed by atoms with Gasteiger partial charge in [-0.3, -0.25) is 4.90 Å². The molecule has 1 fully saturated rings. The normalized spacial score (nSPS) is 22.9. The Bertz CT molecular complexity index is 313. The van der Waals surface area contributed by atoms with Crippen molar-refractivity contribution in [1.82, 2.24) is 10.2 Å². The summed E-state index contributed by atoms with van der Waals surface area (Å²) in [4.78, 5) is 3.88. The summed E-state index contributed by atoms with van der Waals surface area (Å²) in [5, 5.41) is 4.46. The van der Waals surface area contributed by atoms with E-state index in [4.69, 9.17) is 4.74 Å². The third-order valence-corrected chi connectivity index (χ3v) is 3.70. The van der Waals surface area contributed by atoms with Crippen molar-refractivity contribution < 1.29 is 4.74 Å². The molecule has 1 aromatic heterocycles. The van der Waals surface area contributed by atoms with Crippen molar-refractivity contribution in [2.24, 2.45) is 0 Å². The summed E-state index contributed by atoms with van der Waals surface area (Å²) >= 11 is 1.74. The van der Waals surface area contributed by atoms with Crippen LogP contribution in [-0.4, -0.2) is 37.7 Å². The van der Waals surface area contributed by atoms with Crippen molar-refractivity contribution in [2.45, 2.75) is 19.5 Å². The Hall–Kier alpha value is -0.580. The highest BCUT2D eigenvalue weighted by Crippen LogP contribution is 2.25. The van der Waals surface area contributed by atoms with Gasteiger partial charge >= 0.3 is 0 Å². The van der Waals surface area contributed by atoms with Gasteiger partial charge in [0.25, 0.3) is 0 Å². The molecular formula is C11H18N2OS. The topological polar surface area (TPSA) is 24.5 Å². The molecule has 0 unspecified atom stereocenters. The van der Waals surface area contributed by atoms with E-state index in [1.54, 1.807) is 18.4 Å². The van der Waals surface area contributed by atoms with Gasteiger partial charge in [-0.05, 0) is 19.1 Å². The van der Waals surface area contributed by atoms with Gasteiger partial charge in [0.05, 0.1) is 7.11 Å². The summed E-state index contributed by atoms with van der Waals surface area (Å²) in [7, 11) is 1.72. The van der Waals surface area contributed by atoms with Gasteiger partial charge in [-0.25, -0.2) is 0 Å². The maximum Gasteiger partial charge on any atom is 0.173 e. The second-order valence-corrected chi connectivity index (χ2v) is 5.15. The summed E-state index contributed by atoms with van der Waals surface area (Å²) in [5.41, 5.74) is 0. The number of piperazine rings is 1. The SMILES string of the molecule is COc1ccc(CN2CCN[C@H](C)C2)s1. The zero-order chi connectivity index (χ0) is 10.7. The average molecular weight is 226 g/mol. The Balaban J connectivity index is 1.90. The van der Waals surface area contributed by atoms with Gasteiger partial charge in [0, 0.05) is 37.1 Å². The summed E-state index contributed by atoms with van der Waals surface area (Å²) in [6.07, 6.45) is 0. The average Bonchev–Trinajstić information content (AvgIpc) is 2.65. The van der Waals surface area contributed by atoms with Crippen LogP contribution in [0.15, 0.2) is 12.1 Å². The predicted octanol–water partition coefficient (Wildman–Crippen LogP) is 1.55. The van der Waals surface area contributed by atoms with Gasteiger partial charge in [0.1, 0.15) is 0 Å². The Kier molecular flexibility index (Phi) is 3.61. The lowest BCUT2D eigenvalue weighted by Crippen LogP contribution is -2.48. The number of hydrogen-bond acceptors (Lipinski definition) is 4. The second-order valence-electron chi connectivity index (χ2n) is 4.02. The fourth-order valence-electron chi connectivity index (χ4n) is 1.93. The predicted molar refractivity (Wildman–Crippen MR) is 63.6 cm³/mol. The van der Waals surface area contributed by atoms with Crippen LogP contribution in [-0.2, 0) is 6.54 Å². The van der Waals surface area contributed by atoms with Gasteiger partial charge in [0.2, 0.25) is 0 Å². The van der Waals surface area contributed by atoms with Crippen LogP contribution in [0.4, 0.5) is 0 Å². The quantitative estimate of drug-likeness (QED) is 0.846. The lowest BCUT2D eigenvalue weighted by molar-refractivity contribution is 0.201. The highest BCUT2D eigenvalue weighted by atomic mass is 32.1. The van der Waals surface area contributed by atoms with Gasteiger partial charge in [0.15, 0.2) is 5.06 Å². The largest absolute Gasteiger partial charge is 0.487 e. The first-order chi connectivity index (χ1) is 7.28.